The second-order valence-electron chi connectivity index (χ2n) is 8.76. The van der Waals surface area contributed by atoms with E-state index >= 15 is 0 Å². The van der Waals surface area contributed by atoms with Crippen molar-refractivity contribution >= 4 is 50.6 Å². The predicted octanol–water partition coefficient (Wildman–Crippen LogP) is 7.97. The van der Waals surface area contributed by atoms with Crippen molar-refractivity contribution in [1.82, 2.24) is 4.98 Å². The minimum atomic E-state index is -0.229. The van der Waals surface area contributed by atoms with Crippen LogP contribution in [0.15, 0.2) is 77.4 Å². The molecule has 36 heavy (non-hydrogen) atoms. The highest BCUT2D eigenvalue weighted by atomic mass is 35.5. The number of para-hydroxylation sites is 1. The van der Waals surface area contributed by atoms with Gasteiger partial charge in [-0.1, -0.05) is 41.9 Å². The van der Waals surface area contributed by atoms with Crippen LogP contribution in [0.2, 0.25) is 5.02 Å². The highest BCUT2D eigenvalue weighted by molar-refractivity contribution is 6.30. The lowest BCUT2D eigenvalue weighted by Crippen LogP contribution is -2.10. The third-order valence-electron chi connectivity index (χ3n) is 6.28. The molecule has 0 aliphatic carbocycles. The Morgan fingerprint density at radius 1 is 1.06 bits per heavy atom. The van der Waals surface area contributed by atoms with Crippen LogP contribution in [0.3, 0.4) is 0 Å². The number of halogens is 1. The smallest absolute Gasteiger partial charge is 0.248 e. The van der Waals surface area contributed by atoms with Crippen LogP contribution >= 0.6 is 11.6 Å². The van der Waals surface area contributed by atoms with Crippen LogP contribution < -0.4 is 10.1 Å². The predicted molar refractivity (Wildman–Crippen MR) is 147 cm³/mol. The molecule has 6 heteroatoms. The third-order valence-corrected chi connectivity index (χ3v) is 6.53. The van der Waals surface area contributed by atoms with E-state index in [1.165, 1.54) is 0 Å². The number of carbonyl (C=O) groups excluding carboxylic acids is 1. The lowest BCUT2D eigenvalue weighted by molar-refractivity contribution is -0.111. The van der Waals surface area contributed by atoms with E-state index in [4.69, 9.17) is 20.8 Å². The first-order valence-corrected chi connectivity index (χ1v) is 11.9. The molecule has 3 aromatic carbocycles. The molecule has 1 amide bonds. The number of pyridine rings is 1. The zero-order chi connectivity index (χ0) is 25.4. The summed E-state index contributed by atoms with van der Waals surface area (Å²) in [5, 5.41) is 5.53. The first-order valence-electron chi connectivity index (χ1n) is 11.6. The largest absolute Gasteiger partial charge is 0.496 e. The maximum Gasteiger partial charge on any atom is 0.248 e. The lowest BCUT2D eigenvalue weighted by Gasteiger charge is -2.14. The maximum absolute atomic E-state index is 13.1. The molecular formula is C30H25ClN2O3. The molecule has 5 aromatic rings. The number of aromatic nitrogens is 1. The molecule has 0 saturated carbocycles. The van der Waals surface area contributed by atoms with Crippen molar-refractivity contribution in [3.8, 4) is 16.9 Å². The normalized spacial score (nSPS) is 11.8. The molecular weight excluding hydrogens is 472 g/mol. The number of allylic oxidation sites excluding steroid dienone is 1. The van der Waals surface area contributed by atoms with E-state index in [0.29, 0.717) is 10.8 Å². The zero-order valence-corrected chi connectivity index (χ0v) is 21.2. The highest BCUT2D eigenvalue weighted by Crippen LogP contribution is 2.40. The Hall–Kier alpha value is -4.09. The number of carbonyl (C=O) groups is 1. The second kappa shape index (κ2) is 9.51. The Kier molecular flexibility index (Phi) is 6.25. The van der Waals surface area contributed by atoms with Gasteiger partial charge < -0.3 is 14.5 Å². The van der Waals surface area contributed by atoms with Crippen molar-refractivity contribution in [2.75, 3.05) is 12.4 Å². The molecule has 0 atom stereocenters. The number of furan rings is 1. The van der Waals surface area contributed by atoms with Crippen molar-refractivity contribution in [2.24, 2.45) is 0 Å². The van der Waals surface area contributed by atoms with E-state index in [-0.39, 0.29) is 5.91 Å². The minimum Gasteiger partial charge on any atom is -0.496 e. The van der Waals surface area contributed by atoms with Gasteiger partial charge in [0.2, 0.25) is 5.91 Å². The molecule has 0 fully saturated rings. The molecule has 2 aromatic heterocycles. The van der Waals surface area contributed by atoms with Crippen molar-refractivity contribution in [2.45, 2.75) is 20.8 Å². The van der Waals surface area contributed by atoms with Crippen LogP contribution in [0.5, 0.6) is 5.75 Å². The van der Waals surface area contributed by atoms with E-state index in [9.17, 15) is 4.79 Å². The molecule has 0 bridgehead atoms. The number of ether oxygens (including phenoxy) is 1. The summed E-state index contributed by atoms with van der Waals surface area (Å²) in [6.07, 6.45) is 3.34. The summed E-state index contributed by atoms with van der Waals surface area (Å²) in [7, 11) is 1.62. The van der Waals surface area contributed by atoms with Gasteiger partial charge in [-0.3, -0.25) is 9.78 Å². The van der Waals surface area contributed by atoms with Gasteiger partial charge in [0.1, 0.15) is 11.3 Å². The molecule has 0 spiro atoms. The van der Waals surface area contributed by atoms with E-state index in [2.05, 4.69) is 10.3 Å². The summed E-state index contributed by atoms with van der Waals surface area (Å²) < 4.78 is 11.7. The topological polar surface area (TPSA) is 64.4 Å². The molecule has 0 radical (unpaired) electrons. The monoisotopic (exact) mass is 496 g/mol. The molecule has 2 heterocycles. The van der Waals surface area contributed by atoms with Crippen LogP contribution in [0.4, 0.5) is 5.69 Å². The Bertz CT molecular complexity index is 1650. The zero-order valence-electron chi connectivity index (χ0n) is 20.5. The first kappa shape index (κ1) is 23.6. The molecule has 5 nitrogen and oxygen atoms in total. The van der Waals surface area contributed by atoms with Crippen molar-refractivity contribution in [1.29, 1.82) is 0 Å². The van der Waals surface area contributed by atoms with E-state index in [1.807, 2.05) is 81.4 Å². The number of aryl methyl sites for hydroxylation is 2. The van der Waals surface area contributed by atoms with Gasteiger partial charge in [0.25, 0.3) is 0 Å². The minimum absolute atomic E-state index is 0.229. The number of nitrogens with zero attached hydrogens (tertiary/aromatic N) is 1. The molecule has 1 N–H and O–H groups in total. The van der Waals surface area contributed by atoms with Gasteiger partial charge in [-0.25, -0.2) is 0 Å². The summed E-state index contributed by atoms with van der Waals surface area (Å²) in [5.41, 5.74) is 7.56. The summed E-state index contributed by atoms with van der Waals surface area (Å²) >= 11 is 6.08. The number of rotatable bonds is 5. The number of hydrogen-bond donors (Lipinski definition) is 1. The van der Waals surface area contributed by atoms with Crippen LogP contribution in [-0.4, -0.2) is 18.0 Å². The van der Waals surface area contributed by atoms with Gasteiger partial charge >= 0.3 is 0 Å². The quantitative estimate of drug-likeness (QED) is 0.250. The van der Waals surface area contributed by atoms with E-state index in [1.54, 1.807) is 19.4 Å². The van der Waals surface area contributed by atoms with E-state index in [0.717, 1.165) is 61.1 Å². The summed E-state index contributed by atoms with van der Waals surface area (Å²) in [6, 6.07) is 19.3. The average Bonchev–Trinajstić information content (AvgIpc) is 3.28. The number of amides is 1. The fourth-order valence-electron chi connectivity index (χ4n) is 4.58. The van der Waals surface area contributed by atoms with Gasteiger partial charge in [-0.05, 0) is 62.2 Å². The fraction of sp³-hybridized carbons (Fsp3) is 0.133. The summed E-state index contributed by atoms with van der Waals surface area (Å²) in [5.74, 6) is 0.444. The van der Waals surface area contributed by atoms with Crippen molar-refractivity contribution in [3.05, 3.63) is 94.8 Å². The van der Waals surface area contributed by atoms with Crippen LogP contribution in [0, 0.1) is 13.8 Å². The summed E-state index contributed by atoms with van der Waals surface area (Å²) in [6.45, 7) is 5.77. The molecule has 0 aliphatic heterocycles. The molecule has 0 saturated heterocycles. The Morgan fingerprint density at radius 2 is 1.81 bits per heavy atom. The van der Waals surface area contributed by atoms with Crippen LogP contribution in [0.1, 0.15) is 23.7 Å². The number of fused-ring (bicyclic) bond motifs is 2. The molecule has 5 rings (SSSR count). The Balaban J connectivity index is 1.55. The van der Waals surface area contributed by atoms with Crippen molar-refractivity contribution < 1.29 is 13.9 Å². The van der Waals surface area contributed by atoms with Crippen LogP contribution in [-0.2, 0) is 4.79 Å². The standard InChI is InChI=1S/C30H25ClN2O3/c1-17(13-28(34)33-27-14-18(2)32-26-8-6-5-7-22(26)27)23-15-24-25(20-9-11-21(31)12-10-20)16-36-30(24)19(3)29(23)35-4/h5-16H,1-4H3,(H,32,33,34)/b17-13+. The average molecular weight is 497 g/mol. The number of benzene rings is 3. The highest BCUT2D eigenvalue weighted by Gasteiger charge is 2.19. The molecule has 0 aliphatic rings. The first-order chi connectivity index (χ1) is 17.4. The lowest BCUT2D eigenvalue weighted by atomic mass is 9.96. The molecule has 180 valence electrons. The number of hydrogen-bond acceptors (Lipinski definition) is 4. The van der Waals surface area contributed by atoms with Gasteiger partial charge in [-0.15, -0.1) is 0 Å². The number of methoxy groups -OCH3 is 1. The Morgan fingerprint density at radius 3 is 2.56 bits per heavy atom. The number of nitrogens with one attached hydrogen (secondary N) is 1. The SMILES string of the molecule is COc1c(/C(C)=C/C(=O)Nc2cc(C)nc3ccccc23)cc2c(-c3ccc(Cl)cc3)coc2c1C. The fourth-order valence-corrected chi connectivity index (χ4v) is 4.71. The van der Waals surface area contributed by atoms with Gasteiger partial charge in [-0.2, -0.15) is 0 Å². The van der Waals surface area contributed by atoms with E-state index < -0.39 is 0 Å². The van der Waals surface area contributed by atoms with Gasteiger partial charge in [0, 0.05) is 44.3 Å². The number of anilines is 1. The van der Waals surface area contributed by atoms with Crippen molar-refractivity contribution in [3.63, 3.8) is 0 Å². The Labute approximate surface area is 214 Å². The second-order valence-corrected chi connectivity index (χ2v) is 9.20. The molecule has 0 unspecified atom stereocenters. The van der Waals surface area contributed by atoms with Gasteiger partial charge in [0.05, 0.1) is 24.6 Å². The summed E-state index contributed by atoms with van der Waals surface area (Å²) in [4.78, 5) is 17.6. The third kappa shape index (κ3) is 4.34. The van der Waals surface area contributed by atoms with Gasteiger partial charge in [0.15, 0.2) is 0 Å². The maximum atomic E-state index is 13.1. The van der Waals surface area contributed by atoms with Crippen LogP contribution in [0.25, 0.3) is 38.6 Å².